The number of likely N-dealkylation sites (tertiary alicyclic amines) is 1. The van der Waals surface area contributed by atoms with E-state index in [-0.39, 0.29) is 11.9 Å². The summed E-state index contributed by atoms with van der Waals surface area (Å²) >= 11 is 0. The number of imidazole rings is 1. The maximum absolute atomic E-state index is 12.9. The van der Waals surface area contributed by atoms with E-state index in [1.807, 2.05) is 11.8 Å². The summed E-state index contributed by atoms with van der Waals surface area (Å²) < 4.78 is 5.30. The molecule has 0 radical (unpaired) electrons. The van der Waals surface area contributed by atoms with Gasteiger partial charge >= 0.3 is 0 Å². The normalized spacial score (nSPS) is 19.9. The van der Waals surface area contributed by atoms with E-state index in [1.54, 1.807) is 24.6 Å². The molecule has 2 N–H and O–H groups in total. The second-order valence-corrected chi connectivity index (χ2v) is 6.37. The molecule has 0 spiro atoms. The van der Waals surface area contributed by atoms with Gasteiger partial charge in [0, 0.05) is 25.4 Å². The molecule has 0 aliphatic carbocycles. The molecule has 2 aromatic rings. The Balaban J connectivity index is 1.75. The number of aliphatic hydroxyl groups is 1. The van der Waals surface area contributed by atoms with Gasteiger partial charge < -0.3 is 19.4 Å². The number of aromatic amines is 1. The second-order valence-electron chi connectivity index (χ2n) is 6.37. The molecule has 6 nitrogen and oxygen atoms in total. The van der Waals surface area contributed by atoms with Crippen LogP contribution in [0, 0.1) is 0 Å². The molecule has 3 rings (SSSR count). The lowest BCUT2D eigenvalue weighted by atomic mass is 10.0. The Kier molecular flexibility index (Phi) is 5.35. The third kappa shape index (κ3) is 3.70. The van der Waals surface area contributed by atoms with Crippen molar-refractivity contribution in [3.63, 3.8) is 0 Å². The van der Waals surface area contributed by atoms with Crippen LogP contribution in [0.1, 0.15) is 67.2 Å². The number of nitrogens with one attached hydrogen (secondary N) is 1. The fraction of sp³-hybridized carbons (Fsp3) is 0.556. The average molecular weight is 331 g/mol. The molecule has 1 fully saturated rings. The predicted molar refractivity (Wildman–Crippen MR) is 89.5 cm³/mol. The van der Waals surface area contributed by atoms with Crippen molar-refractivity contribution in [2.45, 2.75) is 57.6 Å². The van der Waals surface area contributed by atoms with Gasteiger partial charge in [0.15, 0.2) is 0 Å². The summed E-state index contributed by atoms with van der Waals surface area (Å²) in [6.45, 7) is 2.72. The molecule has 2 aromatic heterocycles. The van der Waals surface area contributed by atoms with E-state index in [9.17, 15) is 9.90 Å². The largest absolute Gasteiger partial charge is 0.467 e. The molecule has 1 aliphatic heterocycles. The van der Waals surface area contributed by atoms with Crippen LogP contribution < -0.4 is 0 Å². The third-order valence-electron chi connectivity index (χ3n) is 4.70. The summed E-state index contributed by atoms with van der Waals surface area (Å²) in [4.78, 5) is 22.1. The van der Waals surface area contributed by atoms with E-state index in [4.69, 9.17) is 4.42 Å². The number of furan rings is 1. The Bertz CT molecular complexity index is 650. The number of nitrogens with zero attached hydrogens (tertiary/aromatic N) is 2. The van der Waals surface area contributed by atoms with Gasteiger partial charge in [-0.3, -0.25) is 4.79 Å². The Labute approximate surface area is 141 Å². The summed E-state index contributed by atoms with van der Waals surface area (Å²) in [6.07, 6.45) is 7.83. The summed E-state index contributed by atoms with van der Waals surface area (Å²) in [7, 11) is 0. The molecular formula is C18H25N3O3. The predicted octanol–water partition coefficient (Wildman–Crippen LogP) is 3.07. The summed E-state index contributed by atoms with van der Waals surface area (Å²) in [5.41, 5.74) is 0.534. The minimum atomic E-state index is -0.689. The Hall–Kier alpha value is -2.08. The molecule has 130 valence electrons. The van der Waals surface area contributed by atoms with Crippen molar-refractivity contribution in [2.75, 3.05) is 6.54 Å². The van der Waals surface area contributed by atoms with Crippen LogP contribution >= 0.6 is 0 Å². The highest BCUT2D eigenvalue weighted by Gasteiger charge is 2.30. The highest BCUT2D eigenvalue weighted by molar-refractivity contribution is 5.92. The van der Waals surface area contributed by atoms with Crippen molar-refractivity contribution in [1.29, 1.82) is 0 Å². The maximum atomic E-state index is 12.9. The molecule has 24 heavy (non-hydrogen) atoms. The van der Waals surface area contributed by atoms with Crippen LogP contribution in [0.25, 0.3) is 0 Å². The number of aliphatic hydroxyl groups excluding tert-OH is 1. The molecule has 0 bridgehead atoms. The SMILES string of the molecule is CCc1ncc(C(=O)N2CCCCCC2CC(O)c2ccco2)[nH]1. The minimum Gasteiger partial charge on any atom is -0.467 e. The number of H-pyrrole nitrogens is 1. The lowest BCUT2D eigenvalue weighted by Crippen LogP contribution is -2.41. The zero-order valence-electron chi connectivity index (χ0n) is 14.1. The van der Waals surface area contributed by atoms with Crippen LogP contribution in [0.15, 0.2) is 29.0 Å². The van der Waals surface area contributed by atoms with Crippen molar-refractivity contribution in [1.82, 2.24) is 14.9 Å². The first-order chi connectivity index (χ1) is 11.7. The smallest absolute Gasteiger partial charge is 0.272 e. The van der Waals surface area contributed by atoms with Crippen LogP contribution in [-0.2, 0) is 6.42 Å². The van der Waals surface area contributed by atoms with E-state index in [2.05, 4.69) is 9.97 Å². The van der Waals surface area contributed by atoms with Gasteiger partial charge in [-0.2, -0.15) is 0 Å². The van der Waals surface area contributed by atoms with E-state index in [1.165, 1.54) is 0 Å². The van der Waals surface area contributed by atoms with Gasteiger partial charge in [0.05, 0.1) is 12.5 Å². The number of carbonyl (C=O) groups is 1. The fourth-order valence-corrected chi connectivity index (χ4v) is 3.35. The number of aryl methyl sites for hydroxylation is 1. The van der Waals surface area contributed by atoms with Crippen LogP contribution in [-0.4, -0.2) is 38.5 Å². The molecule has 1 saturated heterocycles. The monoisotopic (exact) mass is 331 g/mol. The summed E-state index contributed by atoms with van der Waals surface area (Å²) in [6, 6.07) is 3.55. The van der Waals surface area contributed by atoms with Crippen molar-refractivity contribution < 1.29 is 14.3 Å². The van der Waals surface area contributed by atoms with E-state index >= 15 is 0 Å². The minimum absolute atomic E-state index is 0.00785. The number of carbonyl (C=O) groups excluding carboxylic acids is 1. The van der Waals surface area contributed by atoms with Crippen LogP contribution in [0.2, 0.25) is 0 Å². The number of amides is 1. The first kappa shape index (κ1) is 16.8. The number of aromatic nitrogens is 2. The Morgan fingerprint density at radius 1 is 1.50 bits per heavy atom. The Morgan fingerprint density at radius 3 is 3.08 bits per heavy atom. The molecule has 0 aromatic carbocycles. The van der Waals surface area contributed by atoms with Crippen molar-refractivity contribution in [3.8, 4) is 0 Å². The quantitative estimate of drug-likeness (QED) is 0.882. The van der Waals surface area contributed by atoms with Gasteiger partial charge in [-0.1, -0.05) is 19.8 Å². The van der Waals surface area contributed by atoms with Crippen molar-refractivity contribution in [3.05, 3.63) is 41.9 Å². The number of rotatable bonds is 5. The van der Waals surface area contributed by atoms with Gasteiger partial charge in [-0.15, -0.1) is 0 Å². The lowest BCUT2D eigenvalue weighted by Gasteiger charge is -2.30. The van der Waals surface area contributed by atoms with Crippen molar-refractivity contribution in [2.24, 2.45) is 0 Å². The molecule has 3 heterocycles. The van der Waals surface area contributed by atoms with E-state index < -0.39 is 6.10 Å². The standard InChI is InChI=1S/C18H25N3O3/c1-2-17-19-12-14(20-17)18(23)21-9-5-3-4-7-13(21)11-15(22)16-8-6-10-24-16/h6,8,10,12-13,15,22H,2-5,7,9,11H2,1H3,(H,19,20). The molecule has 2 atom stereocenters. The highest BCUT2D eigenvalue weighted by atomic mass is 16.4. The van der Waals surface area contributed by atoms with Gasteiger partial charge in [-0.25, -0.2) is 4.98 Å². The zero-order chi connectivity index (χ0) is 16.9. The maximum Gasteiger partial charge on any atom is 0.272 e. The van der Waals surface area contributed by atoms with Gasteiger partial charge in [0.1, 0.15) is 23.4 Å². The molecule has 6 heteroatoms. The molecule has 2 unspecified atom stereocenters. The van der Waals surface area contributed by atoms with Gasteiger partial charge in [0.25, 0.3) is 5.91 Å². The fourth-order valence-electron chi connectivity index (χ4n) is 3.35. The van der Waals surface area contributed by atoms with Crippen LogP contribution in [0.5, 0.6) is 0 Å². The number of hydrogen-bond donors (Lipinski definition) is 2. The average Bonchev–Trinajstić information content (AvgIpc) is 3.23. The van der Waals surface area contributed by atoms with Gasteiger partial charge in [0.2, 0.25) is 0 Å². The first-order valence-corrected chi connectivity index (χ1v) is 8.75. The van der Waals surface area contributed by atoms with Crippen LogP contribution in [0.4, 0.5) is 0 Å². The summed E-state index contributed by atoms with van der Waals surface area (Å²) in [5, 5.41) is 10.4. The lowest BCUT2D eigenvalue weighted by molar-refractivity contribution is 0.0552. The molecule has 0 saturated carbocycles. The molecular weight excluding hydrogens is 306 g/mol. The number of hydrogen-bond acceptors (Lipinski definition) is 4. The van der Waals surface area contributed by atoms with Gasteiger partial charge in [-0.05, 0) is 25.0 Å². The second kappa shape index (κ2) is 7.66. The van der Waals surface area contributed by atoms with Crippen molar-refractivity contribution >= 4 is 5.91 Å². The Morgan fingerprint density at radius 2 is 2.38 bits per heavy atom. The van der Waals surface area contributed by atoms with Crippen LogP contribution in [0.3, 0.4) is 0 Å². The molecule has 1 amide bonds. The molecule has 1 aliphatic rings. The van der Waals surface area contributed by atoms with E-state index in [0.29, 0.717) is 17.9 Å². The first-order valence-electron chi connectivity index (χ1n) is 8.75. The highest BCUT2D eigenvalue weighted by Crippen LogP contribution is 2.27. The summed E-state index contributed by atoms with van der Waals surface area (Å²) in [5.74, 6) is 1.35. The topological polar surface area (TPSA) is 82.4 Å². The third-order valence-corrected chi connectivity index (χ3v) is 4.70. The van der Waals surface area contributed by atoms with E-state index in [0.717, 1.165) is 44.5 Å². The zero-order valence-corrected chi connectivity index (χ0v) is 14.1.